The summed E-state index contributed by atoms with van der Waals surface area (Å²) < 4.78 is 5.12. The number of aryl methyl sites for hydroxylation is 1. The average molecular weight is 299 g/mol. The molecule has 1 aliphatic heterocycles. The van der Waals surface area contributed by atoms with Gasteiger partial charge in [0.15, 0.2) is 5.76 Å². The number of hydrogen-bond acceptors (Lipinski definition) is 4. The predicted octanol–water partition coefficient (Wildman–Crippen LogP) is 1.58. The Labute approximate surface area is 128 Å². The van der Waals surface area contributed by atoms with Crippen LogP contribution in [-0.4, -0.2) is 52.8 Å². The summed E-state index contributed by atoms with van der Waals surface area (Å²) in [6, 6.07) is 6.95. The van der Waals surface area contributed by atoms with E-state index in [9.17, 15) is 9.59 Å². The quantitative estimate of drug-likeness (QED) is 0.844. The van der Waals surface area contributed by atoms with Gasteiger partial charge in [-0.15, -0.1) is 0 Å². The molecule has 0 aliphatic carbocycles. The number of aromatic nitrogens is 1. The van der Waals surface area contributed by atoms with Crippen molar-refractivity contribution in [3.63, 3.8) is 0 Å². The van der Waals surface area contributed by atoms with E-state index >= 15 is 0 Å². The molecule has 1 aliphatic rings. The number of pyridine rings is 1. The highest BCUT2D eigenvalue weighted by atomic mass is 16.3. The predicted molar refractivity (Wildman–Crippen MR) is 79.5 cm³/mol. The van der Waals surface area contributed by atoms with E-state index in [0.717, 1.165) is 5.69 Å². The van der Waals surface area contributed by atoms with Crippen LogP contribution in [0.1, 0.15) is 26.6 Å². The van der Waals surface area contributed by atoms with E-state index in [2.05, 4.69) is 4.98 Å². The molecule has 3 rings (SSSR count). The molecule has 0 spiro atoms. The van der Waals surface area contributed by atoms with E-state index in [1.165, 1.54) is 6.26 Å². The first kappa shape index (κ1) is 14.3. The molecule has 0 atom stereocenters. The second kappa shape index (κ2) is 6.01. The number of carbonyl (C=O) groups excluding carboxylic acids is 2. The Morgan fingerprint density at radius 3 is 2.27 bits per heavy atom. The maximum Gasteiger partial charge on any atom is 0.289 e. The third kappa shape index (κ3) is 2.86. The van der Waals surface area contributed by atoms with Gasteiger partial charge in [0, 0.05) is 38.1 Å². The van der Waals surface area contributed by atoms with Gasteiger partial charge in [-0.2, -0.15) is 0 Å². The first-order valence-electron chi connectivity index (χ1n) is 7.20. The molecule has 3 heterocycles. The largest absolute Gasteiger partial charge is 0.459 e. The summed E-state index contributed by atoms with van der Waals surface area (Å²) in [6.45, 7) is 3.92. The van der Waals surface area contributed by atoms with Gasteiger partial charge in [0.05, 0.1) is 11.8 Å². The fraction of sp³-hybridized carbons (Fsp3) is 0.312. The highest BCUT2D eigenvalue weighted by molar-refractivity contribution is 5.94. The van der Waals surface area contributed by atoms with E-state index in [1.807, 2.05) is 13.0 Å². The van der Waals surface area contributed by atoms with Gasteiger partial charge in [0.1, 0.15) is 0 Å². The Hall–Kier alpha value is -2.63. The van der Waals surface area contributed by atoms with Gasteiger partial charge in [-0.25, -0.2) is 0 Å². The van der Waals surface area contributed by atoms with Crippen LogP contribution >= 0.6 is 0 Å². The molecule has 2 aromatic heterocycles. The normalized spacial score (nSPS) is 15.0. The fourth-order valence-electron chi connectivity index (χ4n) is 2.45. The van der Waals surface area contributed by atoms with Gasteiger partial charge in [-0.05, 0) is 31.2 Å². The maximum atomic E-state index is 12.4. The molecule has 0 aromatic carbocycles. The first-order chi connectivity index (χ1) is 10.6. The molecule has 2 amide bonds. The van der Waals surface area contributed by atoms with Gasteiger partial charge in [-0.1, -0.05) is 0 Å². The molecule has 0 saturated carbocycles. The third-order valence-electron chi connectivity index (χ3n) is 3.74. The molecule has 1 fully saturated rings. The molecule has 0 N–H and O–H groups in total. The Balaban J connectivity index is 1.60. The molecular formula is C16H17N3O3. The molecule has 22 heavy (non-hydrogen) atoms. The zero-order chi connectivity index (χ0) is 15.5. The van der Waals surface area contributed by atoms with E-state index in [1.54, 1.807) is 34.2 Å². The smallest absolute Gasteiger partial charge is 0.289 e. The van der Waals surface area contributed by atoms with Gasteiger partial charge >= 0.3 is 0 Å². The molecule has 0 unspecified atom stereocenters. The highest BCUT2D eigenvalue weighted by Crippen LogP contribution is 2.12. The number of amides is 2. The Bertz CT molecular complexity index is 656. The molecule has 0 bridgehead atoms. The van der Waals surface area contributed by atoms with Crippen LogP contribution in [0.2, 0.25) is 0 Å². The van der Waals surface area contributed by atoms with Gasteiger partial charge < -0.3 is 14.2 Å². The zero-order valence-electron chi connectivity index (χ0n) is 12.4. The van der Waals surface area contributed by atoms with E-state index in [-0.39, 0.29) is 11.8 Å². The standard InChI is InChI=1S/C16H17N3O3/c1-12-4-5-13(11-17-12)15(20)18-6-8-19(9-7-18)16(21)14-3-2-10-22-14/h2-5,10-11H,6-9H2,1H3. The number of nitrogens with zero attached hydrogens (tertiary/aromatic N) is 3. The van der Waals surface area contributed by atoms with Crippen molar-refractivity contribution in [1.82, 2.24) is 14.8 Å². The molecule has 0 radical (unpaired) electrons. The van der Waals surface area contributed by atoms with Crippen LogP contribution in [-0.2, 0) is 0 Å². The van der Waals surface area contributed by atoms with Crippen LogP contribution in [0.3, 0.4) is 0 Å². The van der Waals surface area contributed by atoms with Crippen LogP contribution in [0.25, 0.3) is 0 Å². The highest BCUT2D eigenvalue weighted by Gasteiger charge is 2.26. The van der Waals surface area contributed by atoms with E-state index in [4.69, 9.17) is 4.42 Å². The number of hydrogen-bond donors (Lipinski definition) is 0. The summed E-state index contributed by atoms with van der Waals surface area (Å²) in [5.74, 6) is 0.161. The van der Waals surface area contributed by atoms with Crippen LogP contribution in [0.15, 0.2) is 41.1 Å². The number of rotatable bonds is 2. The number of carbonyl (C=O) groups is 2. The van der Waals surface area contributed by atoms with Crippen molar-refractivity contribution in [3.8, 4) is 0 Å². The van der Waals surface area contributed by atoms with Crippen LogP contribution in [0.4, 0.5) is 0 Å². The van der Waals surface area contributed by atoms with Crippen LogP contribution in [0, 0.1) is 6.92 Å². The van der Waals surface area contributed by atoms with Gasteiger partial charge in [0.2, 0.25) is 0 Å². The van der Waals surface area contributed by atoms with Crippen LogP contribution in [0.5, 0.6) is 0 Å². The minimum absolute atomic E-state index is 0.0439. The lowest BCUT2D eigenvalue weighted by atomic mass is 10.2. The molecule has 2 aromatic rings. The SMILES string of the molecule is Cc1ccc(C(=O)N2CCN(C(=O)c3ccco3)CC2)cn1. The fourth-order valence-corrected chi connectivity index (χ4v) is 2.45. The Morgan fingerprint density at radius 1 is 1.05 bits per heavy atom. The summed E-state index contributed by atoms with van der Waals surface area (Å²) in [7, 11) is 0. The van der Waals surface area contributed by atoms with Crippen molar-refractivity contribution in [1.29, 1.82) is 0 Å². The van der Waals surface area contributed by atoms with Gasteiger partial charge in [-0.3, -0.25) is 14.6 Å². The van der Waals surface area contributed by atoms with Crippen molar-refractivity contribution >= 4 is 11.8 Å². The Kier molecular flexibility index (Phi) is 3.91. The van der Waals surface area contributed by atoms with Crippen molar-refractivity contribution in [2.45, 2.75) is 6.92 Å². The minimum atomic E-state index is -0.130. The first-order valence-corrected chi connectivity index (χ1v) is 7.20. The maximum absolute atomic E-state index is 12.4. The summed E-state index contributed by atoms with van der Waals surface area (Å²) in [5.41, 5.74) is 1.46. The van der Waals surface area contributed by atoms with E-state index in [0.29, 0.717) is 37.5 Å². The second-order valence-electron chi connectivity index (χ2n) is 5.25. The van der Waals surface area contributed by atoms with Crippen molar-refractivity contribution < 1.29 is 14.0 Å². The van der Waals surface area contributed by atoms with E-state index < -0.39 is 0 Å². The second-order valence-corrected chi connectivity index (χ2v) is 5.25. The zero-order valence-corrected chi connectivity index (χ0v) is 12.4. The summed E-state index contributed by atoms with van der Waals surface area (Å²) in [5, 5.41) is 0. The van der Waals surface area contributed by atoms with Crippen molar-refractivity contribution in [3.05, 3.63) is 53.7 Å². The van der Waals surface area contributed by atoms with Crippen molar-refractivity contribution in [2.75, 3.05) is 26.2 Å². The number of furan rings is 1. The van der Waals surface area contributed by atoms with Crippen LogP contribution < -0.4 is 0 Å². The third-order valence-corrected chi connectivity index (χ3v) is 3.74. The lowest BCUT2D eigenvalue weighted by molar-refractivity contribution is 0.0518. The topological polar surface area (TPSA) is 66.7 Å². The summed E-state index contributed by atoms with van der Waals surface area (Å²) in [6.07, 6.45) is 3.08. The summed E-state index contributed by atoms with van der Waals surface area (Å²) in [4.78, 5) is 32.1. The van der Waals surface area contributed by atoms with Crippen molar-refractivity contribution in [2.24, 2.45) is 0 Å². The average Bonchev–Trinajstić information content (AvgIpc) is 3.09. The number of piperazine rings is 1. The molecule has 6 nitrogen and oxygen atoms in total. The lowest BCUT2D eigenvalue weighted by Crippen LogP contribution is -2.50. The molecule has 1 saturated heterocycles. The molecule has 6 heteroatoms. The Morgan fingerprint density at radius 2 is 1.73 bits per heavy atom. The van der Waals surface area contributed by atoms with Gasteiger partial charge in [0.25, 0.3) is 11.8 Å². The summed E-state index contributed by atoms with van der Waals surface area (Å²) >= 11 is 0. The molecular weight excluding hydrogens is 282 g/mol. The molecule has 114 valence electrons. The minimum Gasteiger partial charge on any atom is -0.459 e. The monoisotopic (exact) mass is 299 g/mol. The lowest BCUT2D eigenvalue weighted by Gasteiger charge is -2.34.